The van der Waals surface area contributed by atoms with E-state index in [0.717, 1.165) is 36.4 Å². The summed E-state index contributed by atoms with van der Waals surface area (Å²) in [6.45, 7) is 4.77. The SMILES string of the molecule is C=CCc1cc([C@@H]2NCCc3[nH]cnc32)ccc1OC. The van der Waals surface area contributed by atoms with Crippen LogP contribution in [0.2, 0.25) is 0 Å². The monoisotopic (exact) mass is 269 g/mol. The average molecular weight is 269 g/mol. The first kappa shape index (κ1) is 12.9. The van der Waals surface area contributed by atoms with Crippen LogP contribution in [0.15, 0.2) is 37.2 Å². The summed E-state index contributed by atoms with van der Waals surface area (Å²) in [7, 11) is 1.70. The molecule has 4 heteroatoms. The van der Waals surface area contributed by atoms with Crippen molar-refractivity contribution in [2.45, 2.75) is 18.9 Å². The molecule has 1 atom stereocenters. The number of nitrogens with one attached hydrogen (secondary N) is 2. The van der Waals surface area contributed by atoms with E-state index in [-0.39, 0.29) is 6.04 Å². The Hall–Kier alpha value is -2.07. The number of hydrogen-bond acceptors (Lipinski definition) is 3. The number of rotatable bonds is 4. The molecule has 0 spiro atoms. The number of imidazole rings is 1. The topological polar surface area (TPSA) is 49.9 Å². The number of ether oxygens (including phenoxy) is 1. The minimum absolute atomic E-state index is 0.152. The van der Waals surface area contributed by atoms with Gasteiger partial charge in [0.2, 0.25) is 0 Å². The minimum Gasteiger partial charge on any atom is -0.496 e. The zero-order valence-corrected chi connectivity index (χ0v) is 11.6. The van der Waals surface area contributed by atoms with E-state index in [1.807, 2.05) is 12.1 Å². The van der Waals surface area contributed by atoms with Gasteiger partial charge in [-0.05, 0) is 29.7 Å². The molecule has 20 heavy (non-hydrogen) atoms. The fraction of sp³-hybridized carbons (Fsp3) is 0.312. The lowest BCUT2D eigenvalue weighted by Gasteiger charge is -2.24. The predicted molar refractivity (Wildman–Crippen MR) is 79.0 cm³/mol. The molecule has 1 aliphatic heterocycles. The summed E-state index contributed by atoms with van der Waals surface area (Å²) in [5.74, 6) is 0.909. The van der Waals surface area contributed by atoms with Crippen molar-refractivity contribution in [1.29, 1.82) is 0 Å². The molecule has 0 radical (unpaired) electrons. The second kappa shape index (κ2) is 5.51. The van der Waals surface area contributed by atoms with E-state index >= 15 is 0 Å². The number of fused-ring (bicyclic) bond motifs is 1. The summed E-state index contributed by atoms with van der Waals surface area (Å²) in [6, 6.07) is 6.46. The summed E-state index contributed by atoms with van der Waals surface area (Å²) in [5.41, 5.74) is 4.71. The van der Waals surface area contributed by atoms with Crippen molar-refractivity contribution >= 4 is 0 Å². The van der Waals surface area contributed by atoms with E-state index in [0.29, 0.717) is 0 Å². The number of allylic oxidation sites excluding steroid dienone is 1. The minimum atomic E-state index is 0.152. The van der Waals surface area contributed by atoms with Crippen LogP contribution in [-0.2, 0) is 12.8 Å². The van der Waals surface area contributed by atoms with Crippen LogP contribution in [0.25, 0.3) is 0 Å². The second-order valence-corrected chi connectivity index (χ2v) is 4.97. The zero-order valence-electron chi connectivity index (χ0n) is 11.6. The Morgan fingerprint density at radius 2 is 2.40 bits per heavy atom. The summed E-state index contributed by atoms with van der Waals surface area (Å²) in [4.78, 5) is 7.69. The molecule has 0 amide bonds. The third-order valence-electron chi connectivity index (χ3n) is 3.75. The maximum atomic E-state index is 5.40. The lowest BCUT2D eigenvalue weighted by molar-refractivity contribution is 0.410. The van der Waals surface area contributed by atoms with Crippen molar-refractivity contribution in [2.24, 2.45) is 0 Å². The van der Waals surface area contributed by atoms with Gasteiger partial charge in [0.15, 0.2) is 0 Å². The number of aromatic amines is 1. The molecule has 0 unspecified atom stereocenters. The van der Waals surface area contributed by atoms with Crippen molar-refractivity contribution < 1.29 is 4.74 Å². The lowest BCUT2D eigenvalue weighted by atomic mass is 9.95. The van der Waals surface area contributed by atoms with Gasteiger partial charge in [-0.15, -0.1) is 6.58 Å². The Kier molecular flexibility index (Phi) is 3.56. The van der Waals surface area contributed by atoms with Crippen LogP contribution < -0.4 is 10.1 Å². The Morgan fingerprint density at radius 3 is 3.20 bits per heavy atom. The van der Waals surface area contributed by atoms with Crippen molar-refractivity contribution in [1.82, 2.24) is 15.3 Å². The fourth-order valence-corrected chi connectivity index (χ4v) is 2.79. The third kappa shape index (κ3) is 2.23. The molecule has 1 aliphatic rings. The van der Waals surface area contributed by atoms with Crippen LogP contribution in [0.5, 0.6) is 5.75 Å². The average Bonchev–Trinajstić information content (AvgIpc) is 2.96. The number of methoxy groups -OCH3 is 1. The van der Waals surface area contributed by atoms with Gasteiger partial charge in [-0.3, -0.25) is 0 Å². The van der Waals surface area contributed by atoms with E-state index in [1.54, 1.807) is 13.4 Å². The molecule has 2 heterocycles. The summed E-state index contributed by atoms with van der Waals surface area (Å²) < 4.78 is 5.40. The molecular formula is C16H19N3O. The Balaban J connectivity index is 1.99. The lowest BCUT2D eigenvalue weighted by Crippen LogP contribution is -2.30. The first-order valence-electron chi connectivity index (χ1n) is 6.86. The molecule has 1 aromatic heterocycles. The standard InChI is InChI=1S/C16H19N3O/c1-3-4-11-9-12(5-6-14(11)20-2)15-16-13(7-8-17-15)18-10-19-16/h3,5-6,9-10,15,17H,1,4,7-8H2,2H3,(H,18,19)/t15-/m0/s1. The van der Waals surface area contributed by atoms with Gasteiger partial charge in [0.05, 0.1) is 25.2 Å². The molecule has 104 valence electrons. The van der Waals surface area contributed by atoms with Crippen LogP contribution >= 0.6 is 0 Å². The first-order valence-corrected chi connectivity index (χ1v) is 6.86. The maximum Gasteiger partial charge on any atom is 0.122 e. The summed E-state index contributed by atoms with van der Waals surface area (Å²) in [6.07, 6.45) is 5.48. The second-order valence-electron chi connectivity index (χ2n) is 4.97. The molecule has 0 bridgehead atoms. The molecule has 4 nitrogen and oxygen atoms in total. The van der Waals surface area contributed by atoms with Crippen molar-refractivity contribution in [3.8, 4) is 5.75 Å². The highest BCUT2D eigenvalue weighted by atomic mass is 16.5. The van der Waals surface area contributed by atoms with Gasteiger partial charge in [0.1, 0.15) is 5.75 Å². The molecule has 2 N–H and O–H groups in total. The molecule has 0 fully saturated rings. The van der Waals surface area contributed by atoms with Gasteiger partial charge in [-0.1, -0.05) is 12.1 Å². The summed E-state index contributed by atoms with van der Waals surface area (Å²) >= 11 is 0. The van der Waals surface area contributed by atoms with E-state index in [1.165, 1.54) is 11.3 Å². The van der Waals surface area contributed by atoms with E-state index < -0.39 is 0 Å². The van der Waals surface area contributed by atoms with Gasteiger partial charge in [-0.25, -0.2) is 4.98 Å². The molecule has 0 saturated carbocycles. The van der Waals surface area contributed by atoms with Gasteiger partial charge < -0.3 is 15.0 Å². The van der Waals surface area contributed by atoms with Gasteiger partial charge in [0, 0.05) is 18.7 Å². The van der Waals surface area contributed by atoms with E-state index in [2.05, 4.69) is 34.0 Å². The van der Waals surface area contributed by atoms with Crippen LogP contribution in [0.3, 0.4) is 0 Å². The summed E-state index contributed by atoms with van der Waals surface area (Å²) in [5, 5.41) is 3.54. The van der Waals surface area contributed by atoms with Crippen LogP contribution in [0.1, 0.15) is 28.6 Å². The van der Waals surface area contributed by atoms with Crippen molar-refractivity contribution in [3.05, 3.63) is 59.7 Å². The molecular weight excluding hydrogens is 250 g/mol. The number of hydrogen-bond donors (Lipinski definition) is 2. The molecule has 0 aliphatic carbocycles. The molecule has 3 rings (SSSR count). The highest BCUT2D eigenvalue weighted by Crippen LogP contribution is 2.30. The van der Waals surface area contributed by atoms with Crippen molar-refractivity contribution in [2.75, 3.05) is 13.7 Å². The van der Waals surface area contributed by atoms with Gasteiger partial charge >= 0.3 is 0 Å². The number of H-pyrrole nitrogens is 1. The quantitative estimate of drug-likeness (QED) is 0.838. The Labute approximate surface area is 118 Å². The third-order valence-corrected chi connectivity index (χ3v) is 3.75. The largest absolute Gasteiger partial charge is 0.496 e. The molecule has 0 saturated heterocycles. The maximum absolute atomic E-state index is 5.40. The Morgan fingerprint density at radius 1 is 1.50 bits per heavy atom. The highest BCUT2D eigenvalue weighted by Gasteiger charge is 2.24. The number of nitrogens with zero attached hydrogens (tertiary/aromatic N) is 1. The van der Waals surface area contributed by atoms with Gasteiger partial charge in [-0.2, -0.15) is 0 Å². The first-order chi connectivity index (χ1) is 9.83. The highest BCUT2D eigenvalue weighted by molar-refractivity contribution is 5.42. The molecule has 2 aromatic rings. The molecule has 1 aromatic carbocycles. The van der Waals surface area contributed by atoms with E-state index in [4.69, 9.17) is 4.74 Å². The smallest absolute Gasteiger partial charge is 0.122 e. The van der Waals surface area contributed by atoms with Gasteiger partial charge in [0.25, 0.3) is 0 Å². The normalized spacial score (nSPS) is 17.6. The number of benzene rings is 1. The van der Waals surface area contributed by atoms with Crippen molar-refractivity contribution in [3.63, 3.8) is 0 Å². The van der Waals surface area contributed by atoms with Crippen LogP contribution in [0, 0.1) is 0 Å². The predicted octanol–water partition coefficient (Wildman–Crippen LogP) is 2.38. The fourth-order valence-electron chi connectivity index (χ4n) is 2.79. The van der Waals surface area contributed by atoms with Crippen LogP contribution in [-0.4, -0.2) is 23.6 Å². The van der Waals surface area contributed by atoms with E-state index in [9.17, 15) is 0 Å². The zero-order chi connectivity index (χ0) is 13.9. The Bertz CT molecular complexity index is 618. The van der Waals surface area contributed by atoms with Crippen LogP contribution in [0.4, 0.5) is 0 Å². The number of aromatic nitrogens is 2.